The third-order valence-electron chi connectivity index (χ3n) is 8.17. The number of likely N-dealkylation sites (tertiary alicyclic amines) is 1. The van der Waals surface area contributed by atoms with E-state index in [1.54, 1.807) is 0 Å². The summed E-state index contributed by atoms with van der Waals surface area (Å²) in [4.78, 5) is 28.5. The Bertz CT molecular complexity index is 1260. The summed E-state index contributed by atoms with van der Waals surface area (Å²) in [6.45, 7) is 4.45. The SMILES string of the molecule is CC.CN1CCC(Nc2cc(=O)n(C3(C(F)F)CC3)cc2C(=O)NCc2cccc(C(F)F)c2F)CC12CC2. The zero-order valence-electron chi connectivity index (χ0n) is 22.4. The van der Waals surface area contributed by atoms with E-state index < -0.39 is 41.2 Å². The highest BCUT2D eigenvalue weighted by atomic mass is 19.3. The minimum atomic E-state index is -3.01. The smallest absolute Gasteiger partial charge is 0.266 e. The van der Waals surface area contributed by atoms with E-state index in [9.17, 15) is 31.5 Å². The third-order valence-corrected chi connectivity index (χ3v) is 8.17. The molecular formula is C28H35F5N4O2. The van der Waals surface area contributed by atoms with Gasteiger partial charge in [0.05, 0.1) is 16.8 Å². The average Bonchev–Trinajstić information content (AvgIpc) is 3.83. The Morgan fingerprint density at radius 2 is 1.82 bits per heavy atom. The topological polar surface area (TPSA) is 66.4 Å². The van der Waals surface area contributed by atoms with Crippen LogP contribution >= 0.6 is 0 Å². The molecule has 6 nitrogen and oxygen atoms in total. The van der Waals surface area contributed by atoms with Crippen molar-refractivity contribution in [3.8, 4) is 0 Å². The van der Waals surface area contributed by atoms with Gasteiger partial charge in [0.2, 0.25) is 0 Å². The van der Waals surface area contributed by atoms with Crippen molar-refractivity contribution >= 4 is 11.6 Å². The van der Waals surface area contributed by atoms with Crippen molar-refractivity contribution in [3.63, 3.8) is 0 Å². The number of alkyl halides is 4. The molecular weight excluding hydrogens is 519 g/mol. The highest BCUT2D eigenvalue weighted by Crippen LogP contribution is 2.49. The molecule has 5 rings (SSSR count). The molecule has 11 heteroatoms. The van der Waals surface area contributed by atoms with Gasteiger partial charge < -0.3 is 20.1 Å². The van der Waals surface area contributed by atoms with E-state index in [1.165, 1.54) is 18.2 Å². The molecule has 1 aliphatic heterocycles. The quantitative estimate of drug-likeness (QED) is 0.413. The minimum absolute atomic E-state index is 0.0225. The van der Waals surface area contributed by atoms with E-state index in [1.807, 2.05) is 13.8 Å². The summed E-state index contributed by atoms with van der Waals surface area (Å²) >= 11 is 0. The van der Waals surface area contributed by atoms with E-state index in [-0.39, 0.29) is 47.8 Å². The molecule has 1 atom stereocenters. The standard InChI is InChI=1S/C26H29F5N4O2.C2H6/c1-34-10-5-16(12-25(34)6-7-25)33-19-11-20(36)35(26(8-9-26)24(30)31)14-18(19)23(37)32-13-15-3-2-4-17(21(15)27)22(28)29;1-2/h2-4,11,14,16,22,24,33H,5-10,12-13H2,1H3,(H,32,37);1-2H3. The van der Waals surface area contributed by atoms with Crippen molar-refractivity contribution in [1.29, 1.82) is 0 Å². The summed E-state index contributed by atoms with van der Waals surface area (Å²) in [5, 5.41) is 5.80. The molecule has 214 valence electrons. The van der Waals surface area contributed by atoms with Crippen molar-refractivity contribution in [2.75, 3.05) is 18.9 Å². The van der Waals surface area contributed by atoms with Crippen molar-refractivity contribution in [2.24, 2.45) is 0 Å². The lowest BCUT2D eigenvalue weighted by Crippen LogP contribution is -2.46. The summed E-state index contributed by atoms with van der Waals surface area (Å²) in [6.07, 6.45) is -0.697. The number of anilines is 1. The molecule has 2 N–H and O–H groups in total. The Hall–Kier alpha value is -2.95. The fraction of sp³-hybridized carbons (Fsp3) is 0.571. The average molecular weight is 555 g/mol. The van der Waals surface area contributed by atoms with Crippen molar-refractivity contribution in [1.82, 2.24) is 14.8 Å². The lowest BCUT2D eigenvalue weighted by Gasteiger charge is -2.38. The highest BCUT2D eigenvalue weighted by molar-refractivity contribution is 5.99. The van der Waals surface area contributed by atoms with Crippen molar-refractivity contribution in [2.45, 2.75) is 88.9 Å². The fourth-order valence-corrected chi connectivity index (χ4v) is 5.43. The van der Waals surface area contributed by atoms with Crippen molar-refractivity contribution < 1.29 is 26.7 Å². The summed E-state index contributed by atoms with van der Waals surface area (Å²) in [6, 6.07) is 4.67. The Morgan fingerprint density at radius 3 is 2.41 bits per heavy atom. The van der Waals surface area contributed by atoms with Gasteiger partial charge in [0.25, 0.3) is 24.3 Å². The molecule has 1 aromatic heterocycles. The Morgan fingerprint density at radius 1 is 1.13 bits per heavy atom. The van der Waals surface area contributed by atoms with E-state index in [0.717, 1.165) is 49.1 Å². The largest absolute Gasteiger partial charge is 0.381 e. The number of aromatic nitrogens is 1. The first-order chi connectivity index (χ1) is 18.6. The molecule has 1 unspecified atom stereocenters. The predicted octanol–water partition coefficient (Wildman–Crippen LogP) is 5.67. The first-order valence-corrected chi connectivity index (χ1v) is 13.4. The molecule has 2 aliphatic carbocycles. The molecule has 2 aromatic rings. The van der Waals surface area contributed by atoms with Gasteiger partial charge in [-0.3, -0.25) is 9.59 Å². The number of nitrogens with one attached hydrogen (secondary N) is 2. The molecule has 2 heterocycles. The normalized spacial score (nSPS) is 20.9. The lowest BCUT2D eigenvalue weighted by atomic mass is 9.95. The second-order valence-corrected chi connectivity index (χ2v) is 10.5. The highest BCUT2D eigenvalue weighted by Gasteiger charge is 2.54. The summed E-state index contributed by atoms with van der Waals surface area (Å²) in [5.41, 5.74) is -2.89. The van der Waals surface area contributed by atoms with E-state index >= 15 is 0 Å². The number of benzene rings is 1. The maximum atomic E-state index is 14.5. The maximum absolute atomic E-state index is 14.5. The van der Waals surface area contributed by atoms with Crippen LogP contribution in [0.5, 0.6) is 0 Å². The molecule has 3 fully saturated rings. The first-order valence-electron chi connectivity index (χ1n) is 13.4. The molecule has 0 bridgehead atoms. The Balaban J connectivity index is 0.00000172. The lowest BCUT2D eigenvalue weighted by molar-refractivity contribution is 0.0648. The van der Waals surface area contributed by atoms with Crippen LogP contribution in [0, 0.1) is 5.82 Å². The number of piperidine rings is 1. The van der Waals surface area contributed by atoms with Crippen LogP contribution in [-0.4, -0.2) is 47.0 Å². The number of rotatable bonds is 8. The van der Waals surface area contributed by atoms with Gasteiger partial charge in [-0.25, -0.2) is 22.0 Å². The zero-order chi connectivity index (χ0) is 28.5. The minimum Gasteiger partial charge on any atom is -0.381 e. The van der Waals surface area contributed by atoms with E-state index in [2.05, 4.69) is 22.6 Å². The van der Waals surface area contributed by atoms with Crippen LogP contribution in [0.2, 0.25) is 0 Å². The number of halogens is 5. The van der Waals surface area contributed by atoms with Crippen LogP contribution in [0.4, 0.5) is 27.6 Å². The second kappa shape index (κ2) is 11.3. The number of hydrogen-bond donors (Lipinski definition) is 2. The van der Waals surface area contributed by atoms with Crippen LogP contribution in [0.15, 0.2) is 35.3 Å². The van der Waals surface area contributed by atoms with Gasteiger partial charge in [-0.05, 0) is 45.6 Å². The molecule has 1 saturated heterocycles. The molecule has 1 spiro atoms. The number of carbonyl (C=O) groups excluding carboxylic acids is 1. The van der Waals surface area contributed by atoms with Gasteiger partial charge in [0.15, 0.2) is 0 Å². The fourth-order valence-electron chi connectivity index (χ4n) is 5.43. The van der Waals surface area contributed by atoms with Gasteiger partial charge in [-0.1, -0.05) is 32.0 Å². The zero-order valence-corrected chi connectivity index (χ0v) is 22.4. The van der Waals surface area contributed by atoms with Crippen LogP contribution in [0.25, 0.3) is 0 Å². The third kappa shape index (κ3) is 5.69. The molecule has 39 heavy (non-hydrogen) atoms. The number of hydrogen-bond acceptors (Lipinski definition) is 4. The second-order valence-electron chi connectivity index (χ2n) is 10.5. The number of carbonyl (C=O) groups is 1. The van der Waals surface area contributed by atoms with Gasteiger partial charge in [-0.2, -0.15) is 0 Å². The van der Waals surface area contributed by atoms with E-state index in [0.29, 0.717) is 0 Å². The van der Waals surface area contributed by atoms with Crippen LogP contribution in [-0.2, 0) is 12.1 Å². The van der Waals surface area contributed by atoms with Gasteiger partial charge in [0.1, 0.15) is 11.4 Å². The molecule has 1 aromatic carbocycles. The summed E-state index contributed by atoms with van der Waals surface area (Å²) in [7, 11) is 2.07. The molecule has 0 radical (unpaired) electrons. The van der Waals surface area contributed by atoms with E-state index in [4.69, 9.17) is 0 Å². The molecule has 1 amide bonds. The molecule has 3 aliphatic rings. The predicted molar refractivity (Wildman–Crippen MR) is 139 cm³/mol. The summed E-state index contributed by atoms with van der Waals surface area (Å²) < 4.78 is 69.1. The van der Waals surface area contributed by atoms with Crippen molar-refractivity contribution in [3.05, 3.63) is 63.3 Å². The number of amides is 1. The number of nitrogens with zero attached hydrogens (tertiary/aromatic N) is 2. The van der Waals surface area contributed by atoms with Gasteiger partial charge >= 0.3 is 0 Å². The van der Waals surface area contributed by atoms with Crippen LogP contribution in [0.1, 0.15) is 80.3 Å². The monoisotopic (exact) mass is 554 g/mol. The van der Waals surface area contributed by atoms with Gasteiger partial charge in [0, 0.05) is 42.5 Å². The first kappa shape index (κ1) is 29.0. The summed E-state index contributed by atoms with van der Waals surface area (Å²) in [5.74, 6) is -1.84. The molecule has 2 saturated carbocycles. The van der Waals surface area contributed by atoms with Gasteiger partial charge in [-0.15, -0.1) is 0 Å². The Kier molecular flexibility index (Phi) is 8.39. The Labute approximate surface area is 224 Å². The number of pyridine rings is 1. The van der Waals surface area contributed by atoms with Crippen LogP contribution in [0.3, 0.4) is 0 Å². The van der Waals surface area contributed by atoms with Crippen LogP contribution < -0.4 is 16.2 Å². The maximum Gasteiger partial charge on any atom is 0.266 e.